The Labute approximate surface area is 150 Å². The number of carbonyl (C=O) groups is 2. The number of likely N-dealkylation sites (tertiary alicyclic amines) is 1. The molecular weight excluding hydrogens is 347 g/mol. The zero-order valence-corrected chi connectivity index (χ0v) is 14.4. The van der Waals surface area contributed by atoms with Crippen LogP contribution in [0.3, 0.4) is 0 Å². The number of benzene rings is 1. The van der Waals surface area contributed by atoms with E-state index in [1.165, 1.54) is 12.1 Å². The fourth-order valence-corrected chi connectivity index (χ4v) is 3.68. The van der Waals surface area contributed by atoms with E-state index in [0.29, 0.717) is 45.4 Å². The molecule has 26 heavy (non-hydrogen) atoms. The van der Waals surface area contributed by atoms with Crippen molar-refractivity contribution in [2.45, 2.75) is 31.9 Å². The van der Waals surface area contributed by atoms with E-state index >= 15 is 0 Å². The number of halogens is 3. The number of Topliss-reactive ketones (excluding diaryl/α,β-unsaturated/α-hetero) is 1. The van der Waals surface area contributed by atoms with E-state index < -0.39 is 17.7 Å². The van der Waals surface area contributed by atoms with Gasteiger partial charge in [-0.15, -0.1) is 0 Å². The summed E-state index contributed by atoms with van der Waals surface area (Å²) in [6.07, 6.45) is -1.84. The summed E-state index contributed by atoms with van der Waals surface area (Å²) in [6, 6.07) is 4.53. The van der Waals surface area contributed by atoms with Crippen molar-refractivity contribution in [2.24, 2.45) is 11.8 Å². The van der Waals surface area contributed by atoms with Crippen molar-refractivity contribution in [2.75, 3.05) is 26.3 Å². The molecular formula is C19H22F3NO3. The van der Waals surface area contributed by atoms with Crippen LogP contribution in [0.1, 0.15) is 41.6 Å². The fourth-order valence-electron chi connectivity index (χ4n) is 3.68. The lowest BCUT2D eigenvalue weighted by Gasteiger charge is -2.35. The number of ether oxygens (including phenoxy) is 1. The fraction of sp³-hybridized carbons (Fsp3) is 0.579. The second-order valence-corrected chi connectivity index (χ2v) is 6.95. The van der Waals surface area contributed by atoms with Gasteiger partial charge in [-0.1, -0.05) is 12.1 Å². The third-order valence-electron chi connectivity index (χ3n) is 5.15. The third-order valence-corrected chi connectivity index (χ3v) is 5.15. The Morgan fingerprint density at radius 3 is 2.50 bits per heavy atom. The van der Waals surface area contributed by atoms with Crippen LogP contribution < -0.4 is 0 Å². The molecule has 3 rings (SSSR count). The van der Waals surface area contributed by atoms with Crippen LogP contribution in [0.5, 0.6) is 0 Å². The van der Waals surface area contributed by atoms with E-state index in [1.54, 1.807) is 4.90 Å². The lowest BCUT2D eigenvalue weighted by atomic mass is 9.88. The van der Waals surface area contributed by atoms with Gasteiger partial charge in [0.2, 0.25) is 5.91 Å². The van der Waals surface area contributed by atoms with E-state index in [1.807, 2.05) is 0 Å². The number of alkyl halides is 3. The first-order chi connectivity index (χ1) is 12.4. The monoisotopic (exact) mass is 369 g/mol. The van der Waals surface area contributed by atoms with Crippen LogP contribution in [0.2, 0.25) is 0 Å². The van der Waals surface area contributed by atoms with Crippen LogP contribution in [0.25, 0.3) is 0 Å². The lowest BCUT2D eigenvalue weighted by molar-refractivity contribution is -0.140. The number of piperidine rings is 1. The molecule has 0 unspecified atom stereocenters. The standard InChI is InChI=1S/C19H22F3NO3/c20-19(21,22)16-5-1-3-14(11-16)17(24)15-4-2-8-23(12-15)18(25)13-6-9-26-10-7-13/h1,3,5,11,13,15H,2,4,6-10,12H2/t15-/m0/s1. The SMILES string of the molecule is O=C(c1cccc(C(F)(F)F)c1)[C@H]1CCCN(C(=O)C2CCOCC2)C1. The van der Waals surface area contributed by atoms with Crippen molar-refractivity contribution >= 4 is 11.7 Å². The molecule has 2 fully saturated rings. The summed E-state index contributed by atoms with van der Waals surface area (Å²) in [7, 11) is 0. The molecule has 1 amide bonds. The molecule has 2 heterocycles. The molecule has 0 aromatic heterocycles. The van der Waals surface area contributed by atoms with Gasteiger partial charge in [-0.05, 0) is 37.8 Å². The normalized spacial score (nSPS) is 22.3. The molecule has 1 aromatic carbocycles. The van der Waals surface area contributed by atoms with Gasteiger partial charge >= 0.3 is 6.18 Å². The minimum absolute atomic E-state index is 0.0369. The quantitative estimate of drug-likeness (QED) is 0.766. The van der Waals surface area contributed by atoms with Crippen LogP contribution in [-0.4, -0.2) is 42.9 Å². The topological polar surface area (TPSA) is 46.6 Å². The first kappa shape index (κ1) is 18.9. The van der Waals surface area contributed by atoms with Crippen molar-refractivity contribution < 1.29 is 27.5 Å². The number of amides is 1. The Morgan fingerprint density at radius 1 is 1.08 bits per heavy atom. The molecule has 0 saturated carbocycles. The van der Waals surface area contributed by atoms with Crippen molar-refractivity contribution in [1.82, 2.24) is 4.90 Å². The first-order valence-electron chi connectivity index (χ1n) is 8.94. The van der Waals surface area contributed by atoms with Gasteiger partial charge in [0.05, 0.1) is 5.56 Å². The molecule has 2 aliphatic heterocycles. The van der Waals surface area contributed by atoms with Crippen LogP contribution in [0.4, 0.5) is 13.2 Å². The Kier molecular flexibility index (Phi) is 5.65. The minimum Gasteiger partial charge on any atom is -0.381 e. The van der Waals surface area contributed by atoms with E-state index in [-0.39, 0.29) is 29.7 Å². The molecule has 2 aliphatic rings. The summed E-state index contributed by atoms with van der Waals surface area (Å²) in [5.41, 5.74) is -0.764. The van der Waals surface area contributed by atoms with Gasteiger partial charge in [-0.3, -0.25) is 9.59 Å². The Balaban J connectivity index is 1.69. The zero-order chi connectivity index (χ0) is 18.7. The Hall–Kier alpha value is -1.89. The molecule has 0 radical (unpaired) electrons. The second kappa shape index (κ2) is 7.78. The van der Waals surface area contributed by atoms with Crippen molar-refractivity contribution in [3.8, 4) is 0 Å². The van der Waals surface area contributed by atoms with E-state index in [9.17, 15) is 22.8 Å². The molecule has 142 valence electrons. The summed E-state index contributed by atoms with van der Waals surface area (Å²) in [5.74, 6) is -0.808. The van der Waals surface area contributed by atoms with E-state index in [2.05, 4.69) is 0 Å². The van der Waals surface area contributed by atoms with Gasteiger partial charge in [0, 0.05) is 43.7 Å². The van der Waals surface area contributed by atoms with Crippen molar-refractivity contribution in [1.29, 1.82) is 0 Å². The molecule has 0 N–H and O–H groups in total. The molecule has 0 bridgehead atoms. The van der Waals surface area contributed by atoms with Gasteiger partial charge in [-0.25, -0.2) is 0 Å². The summed E-state index contributed by atoms with van der Waals surface area (Å²) in [4.78, 5) is 27.1. The number of hydrogen-bond donors (Lipinski definition) is 0. The summed E-state index contributed by atoms with van der Waals surface area (Å²) < 4.78 is 43.9. The van der Waals surface area contributed by atoms with Gasteiger partial charge in [-0.2, -0.15) is 13.2 Å². The minimum atomic E-state index is -4.48. The van der Waals surface area contributed by atoms with Gasteiger partial charge in [0.15, 0.2) is 5.78 Å². The van der Waals surface area contributed by atoms with Crippen molar-refractivity contribution in [3.63, 3.8) is 0 Å². The number of hydrogen-bond acceptors (Lipinski definition) is 3. The highest BCUT2D eigenvalue weighted by Gasteiger charge is 2.34. The number of rotatable bonds is 3. The number of ketones is 1. The number of carbonyl (C=O) groups excluding carboxylic acids is 2. The highest BCUT2D eigenvalue weighted by Crippen LogP contribution is 2.31. The van der Waals surface area contributed by atoms with E-state index in [4.69, 9.17) is 4.74 Å². The van der Waals surface area contributed by atoms with Crippen LogP contribution in [-0.2, 0) is 15.7 Å². The van der Waals surface area contributed by atoms with Gasteiger partial charge < -0.3 is 9.64 Å². The van der Waals surface area contributed by atoms with Gasteiger partial charge in [0.1, 0.15) is 0 Å². The predicted molar refractivity (Wildman–Crippen MR) is 88.6 cm³/mol. The summed E-state index contributed by atoms with van der Waals surface area (Å²) >= 11 is 0. The molecule has 0 spiro atoms. The molecule has 2 saturated heterocycles. The third kappa shape index (κ3) is 4.26. The molecule has 4 nitrogen and oxygen atoms in total. The van der Waals surface area contributed by atoms with Crippen molar-refractivity contribution in [3.05, 3.63) is 35.4 Å². The summed E-state index contributed by atoms with van der Waals surface area (Å²) in [6.45, 7) is 2.02. The zero-order valence-electron chi connectivity index (χ0n) is 14.4. The second-order valence-electron chi connectivity index (χ2n) is 6.95. The smallest absolute Gasteiger partial charge is 0.381 e. The molecule has 1 atom stereocenters. The first-order valence-corrected chi connectivity index (χ1v) is 8.94. The highest BCUT2D eigenvalue weighted by atomic mass is 19.4. The molecule has 0 aliphatic carbocycles. The Morgan fingerprint density at radius 2 is 1.81 bits per heavy atom. The van der Waals surface area contributed by atoms with Crippen LogP contribution >= 0.6 is 0 Å². The average molecular weight is 369 g/mol. The van der Waals surface area contributed by atoms with Gasteiger partial charge in [0.25, 0.3) is 0 Å². The maximum absolute atomic E-state index is 12.9. The predicted octanol–water partition coefficient (Wildman–Crippen LogP) is 3.55. The Bertz CT molecular complexity index is 668. The van der Waals surface area contributed by atoms with E-state index in [0.717, 1.165) is 12.1 Å². The highest BCUT2D eigenvalue weighted by molar-refractivity contribution is 5.98. The average Bonchev–Trinajstić information content (AvgIpc) is 2.67. The molecule has 7 heteroatoms. The molecule has 1 aromatic rings. The number of nitrogens with zero attached hydrogens (tertiary/aromatic N) is 1. The van der Waals surface area contributed by atoms with Crippen LogP contribution in [0.15, 0.2) is 24.3 Å². The largest absolute Gasteiger partial charge is 0.416 e. The maximum atomic E-state index is 12.9. The maximum Gasteiger partial charge on any atom is 0.416 e. The summed E-state index contributed by atoms with van der Waals surface area (Å²) in [5, 5.41) is 0. The lowest BCUT2D eigenvalue weighted by Crippen LogP contribution is -2.45. The van der Waals surface area contributed by atoms with Crippen LogP contribution in [0, 0.1) is 11.8 Å².